The van der Waals surface area contributed by atoms with Crippen LogP contribution in [0.1, 0.15) is 26.3 Å². The molecule has 2 amide bonds. The van der Waals surface area contributed by atoms with Crippen LogP contribution in [0.4, 0.5) is 20.8 Å². The molecule has 0 fully saturated rings. The molecule has 0 bridgehead atoms. The molecule has 2 N–H and O–H groups in total. The first-order chi connectivity index (χ1) is 17.6. The molecule has 0 aliphatic heterocycles. The van der Waals surface area contributed by atoms with Gasteiger partial charge in [0, 0.05) is 43.5 Å². The van der Waals surface area contributed by atoms with E-state index in [1.807, 2.05) is 6.92 Å². The highest BCUT2D eigenvalue weighted by molar-refractivity contribution is 6.30. The number of carbonyl (C=O) groups is 1. The maximum Gasteiger partial charge on any atom is 0.355 e. The van der Waals surface area contributed by atoms with Gasteiger partial charge in [-0.1, -0.05) is 23.7 Å². The molecular formula is C25H30ClFN6O4. The number of aromatic nitrogens is 3. The molecule has 0 unspecified atom stereocenters. The van der Waals surface area contributed by atoms with Crippen molar-refractivity contribution in [3.05, 3.63) is 79.8 Å². The van der Waals surface area contributed by atoms with Gasteiger partial charge in [-0.3, -0.25) is 4.57 Å². The highest BCUT2D eigenvalue weighted by Gasteiger charge is 2.16. The molecule has 0 aliphatic rings. The summed E-state index contributed by atoms with van der Waals surface area (Å²) in [5.41, 5.74) is -0.447. The van der Waals surface area contributed by atoms with Gasteiger partial charge in [-0.15, -0.1) is 0 Å². The SMILES string of the molecule is CCN(C)C(=O)NCCn1c(=O)nc(Nc2ccc(OC(C)C)c(F)c2)n(Cc2ccc(Cl)cc2)c1=O. The molecule has 37 heavy (non-hydrogen) atoms. The van der Waals surface area contributed by atoms with Crippen LogP contribution in [0.2, 0.25) is 5.02 Å². The Morgan fingerprint density at radius 1 is 1.16 bits per heavy atom. The third-order valence-electron chi connectivity index (χ3n) is 5.39. The van der Waals surface area contributed by atoms with Crippen molar-refractivity contribution in [3.63, 3.8) is 0 Å². The van der Waals surface area contributed by atoms with Crippen molar-refractivity contribution in [3.8, 4) is 5.75 Å². The Morgan fingerprint density at radius 2 is 1.86 bits per heavy atom. The third-order valence-corrected chi connectivity index (χ3v) is 5.64. The van der Waals surface area contributed by atoms with E-state index in [9.17, 15) is 18.8 Å². The van der Waals surface area contributed by atoms with Gasteiger partial charge in [-0.25, -0.2) is 23.3 Å². The second kappa shape index (κ2) is 12.4. The number of ether oxygens (including phenoxy) is 1. The summed E-state index contributed by atoms with van der Waals surface area (Å²) in [6.45, 7) is 5.94. The van der Waals surface area contributed by atoms with Crippen LogP contribution in [0.5, 0.6) is 5.75 Å². The van der Waals surface area contributed by atoms with Crippen LogP contribution in [0.25, 0.3) is 0 Å². The minimum atomic E-state index is -0.807. The molecule has 3 aromatic rings. The number of amides is 2. The van der Waals surface area contributed by atoms with E-state index in [1.54, 1.807) is 51.2 Å². The van der Waals surface area contributed by atoms with Crippen molar-refractivity contribution < 1.29 is 13.9 Å². The van der Waals surface area contributed by atoms with Crippen molar-refractivity contribution in [1.82, 2.24) is 24.3 Å². The zero-order valence-corrected chi connectivity index (χ0v) is 21.9. The monoisotopic (exact) mass is 532 g/mol. The van der Waals surface area contributed by atoms with Crippen molar-refractivity contribution >= 4 is 29.3 Å². The molecule has 2 aromatic carbocycles. The van der Waals surface area contributed by atoms with Gasteiger partial charge in [0.25, 0.3) is 0 Å². The maximum absolute atomic E-state index is 14.5. The lowest BCUT2D eigenvalue weighted by Crippen LogP contribution is -2.46. The molecule has 198 valence electrons. The van der Waals surface area contributed by atoms with Gasteiger partial charge in [0.1, 0.15) is 0 Å². The summed E-state index contributed by atoms with van der Waals surface area (Å²) >= 11 is 5.98. The fourth-order valence-corrected chi connectivity index (χ4v) is 3.47. The standard InChI is InChI=1S/C25H30ClFN6O4/c1-5-31(4)23(34)28-12-13-32-24(35)30-22(29-19-10-11-21(20(27)14-19)37-16(2)3)33(25(32)36)15-17-6-8-18(26)9-7-17/h6-11,14,16H,5,12-13,15H2,1-4H3,(H,28,34)(H,29,30,35). The average Bonchev–Trinajstić information content (AvgIpc) is 2.85. The number of halogens is 2. The van der Waals surface area contributed by atoms with E-state index < -0.39 is 17.2 Å². The summed E-state index contributed by atoms with van der Waals surface area (Å²) in [5.74, 6) is -0.586. The Morgan fingerprint density at radius 3 is 2.49 bits per heavy atom. The second-order valence-electron chi connectivity index (χ2n) is 8.55. The first-order valence-corrected chi connectivity index (χ1v) is 12.1. The largest absolute Gasteiger partial charge is 0.488 e. The van der Waals surface area contributed by atoms with E-state index in [1.165, 1.54) is 21.6 Å². The lowest BCUT2D eigenvalue weighted by atomic mass is 10.2. The molecule has 1 heterocycles. The molecule has 0 radical (unpaired) electrons. The maximum atomic E-state index is 14.5. The summed E-state index contributed by atoms with van der Waals surface area (Å²) in [5, 5.41) is 6.06. The molecule has 3 rings (SSSR count). The van der Waals surface area contributed by atoms with Crippen LogP contribution >= 0.6 is 11.6 Å². The summed E-state index contributed by atoms with van der Waals surface area (Å²) in [4.78, 5) is 43.7. The third kappa shape index (κ3) is 7.32. The fraction of sp³-hybridized carbons (Fsp3) is 0.360. The van der Waals surface area contributed by atoms with Crippen LogP contribution in [0.3, 0.4) is 0 Å². The Balaban J connectivity index is 1.95. The zero-order valence-electron chi connectivity index (χ0n) is 21.1. The Bertz CT molecular complexity index is 1360. The normalized spacial score (nSPS) is 10.9. The van der Waals surface area contributed by atoms with Crippen molar-refractivity contribution in [2.75, 3.05) is 25.5 Å². The molecule has 10 nitrogen and oxygen atoms in total. The van der Waals surface area contributed by atoms with Gasteiger partial charge in [0.2, 0.25) is 5.95 Å². The van der Waals surface area contributed by atoms with Crippen LogP contribution in [-0.2, 0) is 13.1 Å². The van der Waals surface area contributed by atoms with Crippen molar-refractivity contribution in [1.29, 1.82) is 0 Å². The summed E-state index contributed by atoms with van der Waals surface area (Å²) < 4.78 is 22.2. The predicted molar refractivity (Wildman–Crippen MR) is 140 cm³/mol. The average molecular weight is 533 g/mol. The number of anilines is 2. The number of benzene rings is 2. The second-order valence-corrected chi connectivity index (χ2v) is 8.98. The number of nitrogens with zero attached hydrogens (tertiary/aromatic N) is 4. The minimum Gasteiger partial charge on any atom is -0.488 e. The van der Waals surface area contributed by atoms with E-state index in [-0.39, 0.29) is 49.2 Å². The first-order valence-electron chi connectivity index (χ1n) is 11.8. The Hall–Kier alpha value is -3.86. The number of urea groups is 1. The molecule has 0 atom stereocenters. The lowest BCUT2D eigenvalue weighted by molar-refractivity contribution is 0.210. The Labute approximate surface area is 218 Å². The summed E-state index contributed by atoms with van der Waals surface area (Å²) in [6, 6.07) is 10.7. The quantitative estimate of drug-likeness (QED) is 0.414. The number of carbonyl (C=O) groups excluding carboxylic acids is 1. The van der Waals surface area contributed by atoms with Gasteiger partial charge in [0.15, 0.2) is 11.6 Å². The van der Waals surface area contributed by atoms with Crippen LogP contribution < -0.4 is 26.7 Å². The van der Waals surface area contributed by atoms with Crippen LogP contribution in [0.15, 0.2) is 52.1 Å². The Kier molecular flexibility index (Phi) is 9.29. The van der Waals surface area contributed by atoms with E-state index in [2.05, 4.69) is 15.6 Å². The number of hydrogen-bond donors (Lipinski definition) is 2. The van der Waals surface area contributed by atoms with Gasteiger partial charge in [0.05, 0.1) is 12.6 Å². The van der Waals surface area contributed by atoms with Gasteiger partial charge in [-0.05, 0) is 50.6 Å². The van der Waals surface area contributed by atoms with Crippen LogP contribution in [0, 0.1) is 5.82 Å². The van der Waals surface area contributed by atoms with E-state index in [0.717, 1.165) is 10.1 Å². The fourth-order valence-electron chi connectivity index (χ4n) is 3.34. The van der Waals surface area contributed by atoms with Gasteiger partial charge >= 0.3 is 17.4 Å². The molecule has 0 saturated carbocycles. The smallest absolute Gasteiger partial charge is 0.355 e. The molecule has 0 spiro atoms. The number of nitrogens with one attached hydrogen (secondary N) is 2. The van der Waals surface area contributed by atoms with Crippen molar-refractivity contribution in [2.24, 2.45) is 0 Å². The zero-order chi connectivity index (χ0) is 27.1. The number of hydrogen-bond acceptors (Lipinski definition) is 6. The van der Waals surface area contributed by atoms with Gasteiger partial charge in [-0.2, -0.15) is 4.98 Å². The van der Waals surface area contributed by atoms with Crippen LogP contribution in [-0.4, -0.2) is 51.3 Å². The number of rotatable bonds is 10. The van der Waals surface area contributed by atoms with Gasteiger partial charge < -0.3 is 20.3 Å². The molecular weight excluding hydrogens is 503 g/mol. The lowest BCUT2D eigenvalue weighted by Gasteiger charge is -2.18. The molecule has 1 aromatic heterocycles. The summed E-state index contributed by atoms with van der Waals surface area (Å²) in [7, 11) is 1.63. The molecule has 12 heteroatoms. The highest BCUT2D eigenvalue weighted by Crippen LogP contribution is 2.24. The summed E-state index contributed by atoms with van der Waals surface area (Å²) in [6.07, 6.45) is -0.209. The molecule has 0 saturated heterocycles. The predicted octanol–water partition coefficient (Wildman–Crippen LogP) is 3.44. The molecule has 0 aliphatic carbocycles. The van der Waals surface area contributed by atoms with Crippen molar-refractivity contribution in [2.45, 2.75) is 40.0 Å². The minimum absolute atomic E-state index is 0.0518. The van der Waals surface area contributed by atoms with E-state index >= 15 is 0 Å². The van der Waals surface area contributed by atoms with E-state index in [4.69, 9.17) is 16.3 Å². The highest BCUT2D eigenvalue weighted by atomic mass is 35.5. The topological polar surface area (TPSA) is 110 Å². The first kappa shape index (κ1) is 27.7. The van der Waals surface area contributed by atoms with E-state index in [0.29, 0.717) is 11.6 Å².